The molecule has 2 atom stereocenters. The van der Waals surface area contributed by atoms with Crippen molar-refractivity contribution in [1.82, 2.24) is 9.78 Å². The van der Waals surface area contributed by atoms with E-state index in [2.05, 4.69) is 5.10 Å². The highest BCUT2D eigenvalue weighted by Crippen LogP contribution is 2.34. The fourth-order valence-electron chi connectivity index (χ4n) is 2.16. The van der Waals surface area contributed by atoms with Gasteiger partial charge < -0.3 is 9.84 Å². The second-order valence-electron chi connectivity index (χ2n) is 4.32. The van der Waals surface area contributed by atoms with Gasteiger partial charge in [0.1, 0.15) is 6.10 Å². The van der Waals surface area contributed by atoms with E-state index in [-0.39, 0.29) is 0 Å². The molecule has 2 rings (SSSR count). The summed E-state index contributed by atoms with van der Waals surface area (Å²) in [6.45, 7) is 1.33. The molecule has 1 aliphatic rings. The Morgan fingerprint density at radius 2 is 2.53 bits per heavy atom. The van der Waals surface area contributed by atoms with Gasteiger partial charge in [0.2, 0.25) is 0 Å². The summed E-state index contributed by atoms with van der Waals surface area (Å²) in [6, 6.07) is 1.91. The summed E-state index contributed by atoms with van der Waals surface area (Å²) >= 11 is 1.88. The van der Waals surface area contributed by atoms with E-state index in [9.17, 15) is 5.11 Å². The minimum atomic E-state index is -0.403. The first kappa shape index (κ1) is 12.9. The van der Waals surface area contributed by atoms with Crippen molar-refractivity contribution in [3.8, 4) is 0 Å². The van der Waals surface area contributed by atoms with E-state index in [0.717, 1.165) is 17.9 Å². The van der Waals surface area contributed by atoms with Crippen LogP contribution in [0, 0.1) is 0 Å². The Morgan fingerprint density at radius 1 is 1.65 bits per heavy atom. The van der Waals surface area contributed by atoms with Gasteiger partial charge in [0.15, 0.2) is 0 Å². The minimum Gasteiger partial charge on any atom is -0.386 e. The largest absolute Gasteiger partial charge is 0.386 e. The van der Waals surface area contributed by atoms with E-state index >= 15 is 0 Å². The predicted molar refractivity (Wildman–Crippen MR) is 69.2 cm³/mol. The molecule has 0 spiro atoms. The number of methoxy groups -OCH3 is 1. The molecule has 2 unspecified atom stereocenters. The third-order valence-electron chi connectivity index (χ3n) is 3.13. The van der Waals surface area contributed by atoms with Crippen LogP contribution in [0.5, 0.6) is 0 Å². The lowest BCUT2D eigenvalue weighted by atomic mass is 10.1. The fraction of sp³-hybridized carbons (Fsp3) is 0.750. The molecular weight excluding hydrogens is 236 g/mol. The highest BCUT2D eigenvalue weighted by atomic mass is 32.2. The Balaban J connectivity index is 2.01. The zero-order valence-electron chi connectivity index (χ0n) is 10.2. The molecule has 1 fully saturated rings. The smallest absolute Gasteiger partial charge is 0.107 e. The van der Waals surface area contributed by atoms with Crippen molar-refractivity contribution in [2.45, 2.75) is 37.2 Å². The highest BCUT2D eigenvalue weighted by Gasteiger charge is 2.25. The molecule has 0 aliphatic carbocycles. The Morgan fingerprint density at radius 3 is 3.24 bits per heavy atom. The number of aliphatic hydroxyl groups excluding tert-OH is 1. The first-order valence-electron chi connectivity index (χ1n) is 6.13. The molecule has 1 aliphatic heterocycles. The molecule has 2 heterocycles. The standard InChI is InChI=1S/C12H20N2O2S/c1-16-8-7-14-10(5-6-13-14)12(15)11-4-2-3-9-17-11/h5-6,11-12,15H,2-4,7-9H2,1H3. The Kier molecular flexibility index (Phi) is 4.88. The average molecular weight is 256 g/mol. The lowest BCUT2D eigenvalue weighted by molar-refractivity contribution is 0.147. The van der Waals surface area contributed by atoms with Crippen molar-refractivity contribution in [3.63, 3.8) is 0 Å². The number of aliphatic hydroxyl groups is 1. The molecule has 0 aromatic carbocycles. The topological polar surface area (TPSA) is 47.3 Å². The van der Waals surface area contributed by atoms with E-state index in [4.69, 9.17) is 4.74 Å². The van der Waals surface area contributed by atoms with Crippen molar-refractivity contribution in [2.75, 3.05) is 19.5 Å². The quantitative estimate of drug-likeness (QED) is 0.873. The summed E-state index contributed by atoms with van der Waals surface area (Å²) in [4.78, 5) is 0. The van der Waals surface area contributed by atoms with E-state index < -0.39 is 6.10 Å². The number of aromatic nitrogens is 2. The molecule has 17 heavy (non-hydrogen) atoms. The van der Waals surface area contributed by atoms with Crippen molar-refractivity contribution >= 4 is 11.8 Å². The molecule has 96 valence electrons. The Labute approximate surface area is 106 Å². The molecular formula is C12H20N2O2S. The zero-order chi connectivity index (χ0) is 12.1. The Hall–Kier alpha value is -0.520. The average Bonchev–Trinajstić information content (AvgIpc) is 2.84. The summed E-state index contributed by atoms with van der Waals surface area (Å²) in [6.07, 6.45) is 4.94. The van der Waals surface area contributed by atoms with Gasteiger partial charge in [0, 0.05) is 18.6 Å². The third-order valence-corrected chi connectivity index (χ3v) is 4.57. The molecule has 0 saturated carbocycles. The first-order chi connectivity index (χ1) is 8.33. The van der Waals surface area contributed by atoms with Gasteiger partial charge in [-0.05, 0) is 24.7 Å². The maximum Gasteiger partial charge on any atom is 0.107 e. The Bertz CT molecular complexity index is 337. The van der Waals surface area contributed by atoms with Gasteiger partial charge in [-0.2, -0.15) is 16.9 Å². The number of ether oxygens (including phenoxy) is 1. The second-order valence-corrected chi connectivity index (χ2v) is 5.67. The van der Waals surface area contributed by atoms with Crippen LogP contribution in [0.4, 0.5) is 0 Å². The van der Waals surface area contributed by atoms with Crippen molar-refractivity contribution in [2.24, 2.45) is 0 Å². The van der Waals surface area contributed by atoms with Gasteiger partial charge in [-0.1, -0.05) is 6.42 Å². The number of thioether (sulfide) groups is 1. The SMILES string of the molecule is COCCn1nccc1C(O)C1CCCCS1. The highest BCUT2D eigenvalue weighted by molar-refractivity contribution is 7.99. The minimum absolute atomic E-state index is 0.321. The molecule has 0 bridgehead atoms. The van der Waals surface area contributed by atoms with Gasteiger partial charge >= 0.3 is 0 Å². The van der Waals surface area contributed by atoms with Crippen LogP contribution in [-0.4, -0.2) is 39.6 Å². The molecule has 0 radical (unpaired) electrons. The van der Waals surface area contributed by atoms with Gasteiger partial charge in [0.05, 0.1) is 18.8 Å². The monoisotopic (exact) mass is 256 g/mol. The van der Waals surface area contributed by atoms with Crippen molar-refractivity contribution in [3.05, 3.63) is 18.0 Å². The van der Waals surface area contributed by atoms with Crippen LogP contribution in [0.15, 0.2) is 12.3 Å². The van der Waals surface area contributed by atoms with Crippen LogP contribution in [0.1, 0.15) is 31.1 Å². The van der Waals surface area contributed by atoms with Gasteiger partial charge in [-0.15, -0.1) is 0 Å². The molecule has 1 N–H and O–H groups in total. The third kappa shape index (κ3) is 3.24. The van der Waals surface area contributed by atoms with Gasteiger partial charge in [-0.25, -0.2) is 0 Å². The lowest BCUT2D eigenvalue weighted by Crippen LogP contribution is -2.22. The molecule has 1 saturated heterocycles. The summed E-state index contributed by atoms with van der Waals surface area (Å²) in [5, 5.41) is 14.9. The lowest BCUT2D eigenvalue weighted by Gasteiger charge is -2.26. The molecule has 1 aromatic rings. The van der Waals surface area contributed by atoms with E-state index in [1.54, 1.807) is 13.3 Å². The molecule has 4 nitrogen and oxygen atoms in total. The van der Waals surface area contributed by atoms with Crippen LogP contribution in [0.25, 0.3) is 0 Å². The maximum atomic E-state index is 10.4. The molecule has 0 amide bonds. The van der Waals surface area contributed by atoms with E-state index in [0.29, 0.717) is 18.4 Å². The van der Waals surface area contributed by atoms with Crippen LogP contribution in [0.3, 0.4) is 0 Å². The van der Waals surface area contributed by atoms with Crippen LogP contribution < -0.4 is 0 Å². The maximum absolute atomic E-state index is 10.4. The number of hydrogen-bond donors (Lipinski definition) is 1. The molecule has 1 aromatic heterocycles. The fourth-order valence-corrected chi connectivity index (χ4v) is 3.49. The summed E-state index contributed by atoms with van der Waals surface area (Å²) in [5.41, 5.74) is 0.918. The van der Waals surface area contributed by atoms with Crippen LogP contribution in [0.2, 0.25) is 0 Å². The first-order valence-corrected chi connectivity index (χ1v) is 7.18. The van der Waals surface area contributed by atoms with Gasteiger partial charge in [0.25, 0.3) is 0 Å². The van der Waals surface area contributed by atoms with Crippen molar-refractivity contribution in [1.29, 1.82) is 0 Å². The van der Waals surface area contributed by atoms with Crippen LogP contribution in [-0.2, 0) is 11.3 Å². The van der Waals surface area contributed by atoms with E-state index in [1.165, 1.54) is 12.8 Å². The number of hydrogen-bond acceptors (Lipinski definition) is 4. The van der Waals surface area contributed by atoms with Crippen molar-refractivity contribution < 1.29 is 9.84 Å². The van der Waals surface area contributed by atoms with Crippen LogP contribution >= 0.6 is 11.8 Å². The number of rotatable bonds is 5. The summed E-state index contributed by atoms with van der Waals surface area (Å²) in [7, 11) is 1.68. The predicted octanol–water partition coefficient (Wildman–Crippen LogP) is 1.85. The second kappa shape index (κ2) is 6.42. The zero-order valence-corrected chi connectivity index (χ0v) is 11.0. The van der Waals surface area contributed by atoms with E-state index in [1.807, 2.05) is 22.5 Å². The summed E-state index contributed by atoms with van der Waals surface area (Å²) in [5.74, 6) is 1.16. The molecule has 5 heteroatoms. The normalized spacial score (nSPS) is 22.6. The van der Waals surface area contributed by atoms with Gasteiger partial charge in [-0.3, -0.25) is 4.68 Å². The number of nitrogens with zero attached hydrogens (tertiary/aromatic N) is 2. The summed E-state index contributed by atoms with van der Waals surface area (Å²) < 4.78 is 6.90.